The molecular formula is C11H19N3OS. The van der Waals surface area contributed by atoms with Gasteiger partial charge in [0.25, 0.3) is 0 Å². The fourth-order valence-corrected chi connectivity index (χ4v) is 3.21. The van der Waals surface area contributed by atoms with Gasteiger partial charge in [-0.05, 0) is 24.7 Å². The highest BCUT2D eigenvalue weighted by Gasteiger charge is 2.20. The Hall–Kier alpha value is -0.710. The summed E-state index contributed by atoms with van der Waals surface area (Å²) in [6, 6.07) is 0. The Morgan fingerprint density at radius 3 is 3.06 bits per heavy atom. The minimum Gasteiger partial charge on any atom is -0.306 e. The van der Waals surface area contributed by atoms with Crippen molar-refractivity contribution in [1.82, 2.24) is 14.8 Å². The van der Waals surface area contributed by atoms with Crippen molar-refractivity contribution in [1.29, 1.82) is 0 Å². The summed E-state index contributed by atoms with van der Waals surface area (Å²) in [5.41, 5.74) is 0. The van der Waals surface area contributed by atoms with Gasteiger partial charge in [0.1, 0.15) is 6.33 Å². The van der Waals surface area contributed by atoms with Crippen LogP contribution in [0.3, 0.4) is 0 Å². The van der Waals surface area contributed by atoms with Crippen LogP contribution in [0.5, 0.6) is 0 Å². The second kappa shape index (κ2) is 5.08. The lowest BCUT2D eigenvalue weighted by atomic mass is 9.82. The molecule has 0 amide bonds. The molecule has 3 atom stereocenters. The quantitative estimate of drug-likeness (QED) is 0.811. The molecule has 1 aromatic heterocycles. The average molecular weight is 241 g/mol. The van der Waals surface area contributed by atoms with E-state index < -0.39 is 10.8 Å². The van der Waals surface area contributed by atoms with Crippen molar-refractivity contribution in [3.05, 3.63) is 6.33 Å². The fourth-order valence-electron chi connectivity index (χ4n) is 2.60. The molecule has 90 valence electrons. The Bertz CT molecular complexity index is 377. The molecule has 0 saturated heterocycles. The zero-order chi connectivity index (χ0) is 11.5. The van der Waals surface area contributed by atoms with E-state index in [0.29, 0.717) is 11.1 Å². The zero-order valence-electron chi connectivity index (χ0n) is 9.93. The number of hydrogen-bond acceptors (Lipinski definition) is 3. The molecule has 1 heterocycles. The largest absolute Gasteiger partial charge is 0.306 e. The van der Waals surface area contributed by atoms with Crippen LogP contribution in [0.4, 0.5) is 0 Å². The van der Waals surface area contributed by atoms with Crippen LogP contribution in [-0.4, -0.2) is 25.2 Å². The van der Waals surface area contributed by atoms with Gasteiger partial charge in [0.2, 0.25) is 5.16 Å². The van der Waals surface area contributed by atoms with Crippen molar-refractivity contribution < 1.29 is 4.21 Å². The van der Waals surface area contributed by atoms with Crippen molar-refractivity contribution in [2.75, 3.05) is 6.26 Å². The second-order valence-corrected chi connectivity index (χ2v) is 6.13. The van der Waals surface area contributed by atoms with Gasteiger partial charge < -0.3 is 4.57 Å². The van der Waals surface area contributed by atoms with Gasteiger partial charge in [-0.3, -0.25) is 4.21 Å². The smallest absolute Gasteiger partial charge is 0.221 e. The lowest BCUT2D eigenvalue weighted by Crippen LogP contribution is -2.19. The second-order valence-electron chi connectivity index (χ2n) is 4.86. The van der Waals surface area contributed by atoms with Gasteiger partial charge in [-0.15, -0.1) is 10.2 Å². The van der Waals surface area contributed by atoms with Gasteiger partial charge in [-0.1, -0.05) is 19.8 Å². The van der Waals surface area contributed by atoms with Crippen LogP contribution in [-0.2, 0) is 17.3 Å². The van der Waals surface area contributed by atoms with E-state index in [1.165, 1.54) is 25.7 Å². The van der Waals surface area contributed by atoms with Crippen LogP contribution in [0, 0.1) is 11.8 Å². The molecular weight excluding hydrogens is 222 g/mol. The van der Waals surface area contributed by atoms with Crippen molar-refractivity contribution in [3.8, 4) is 0 Å². The van der Waals surface area contributed by atoms with Crippen LogP contribution in [0.1, 0.15) is 32.6 Å². The third-order valence-electron chi connectivity index (χ3n) is 3.34. The molecule has 0 bridgehead atoms. The molecule has 1 fully saturated rings. The molecule has 1 aliphatic carbocycles. The SMILES string of the molecule is CC1CCCC(Cn2cnnc2S(C)=O)C1. The number of hydrogen-bond donors (Lipinski definition) is 0. The standard InChI is InChI=1S/C11H19N3OS/c1-9-4-3-5-10(6-9)7-14-8-12-13-11(14)16(2)15/h8-10H,3-7H2,1-2H3. The summed E-state index contributed by atoms with van der Waals surface area (Å²) >= 11 is 0. The highest BCUT2D eigenvalue weighted by molar-refractivity contribution is 7.84. The summed E-state index contributed by atoms with van der Waals surface area (Å²) in [7, 11) is -1.03. The van der Waals surface area contributed by atoms with Crippen LogP contribution < -0.4 is 0 Å². The molecule has 0 aliphatic heterocycles. The Labute approximate surface area is 98.9 Å². The molecule has 0 N–H and O–H groups in total. The molecule has 0 radical (unpaired) electrons. The van der Waals surface area contributed by atoms with Crippen molar-refractivity contribution in [2.24, 2.45) is 11.8 Å². The van der Waals surface area contributed by atoms with Crippen LogP contribution in [0.25, 0.3) is 0 Å². The van der Waals surface area contributed by atoms with E-state index in [9.17, 15) is 4.21 Å². The Balaban J connectivity index is 2.02. The van der Waals surface area contributed by atoms with E-state index in [1.54, 1.807) is 12.6 Å². The normalized spacial score (nSPS) is 27.9. The maximum Gasteiger partial charge on any atom is 0.221 e. The van der Waals surface area contributed by atoms with Gasteiger partial charge >= 0.3 is 0 Å². The predicted molar refractivity (Wildman–Crippen MR) is 63.5 cm³/mol. The van der Waals surface area contributed by atoms with E-state index in [2.05, 4.69) is 17.1 Å². The predicted octanol–water partition coefficient (Wildman–Crippen LogP) is 1.84. The fraction of sp³-hybridized carbons (Fsp3) is 0.818. The first-order valence-corrected chi connectivity index (χ1v) is 7.44. The molecule has 1 aromatic rings. The number of nitrogens with zero attached hydrogens (tertiary/aromatic N) is 3. The van der Waals surface area contributed by atoms with E-state index in [4.69, 9.17) is 0 Å². The first-order valence-electron chi connectivity index (χ1n) is 5.88. The molecule has 0 aromatic carbocycles. The van der Waals surface area contributed by atoms with Crippen molar-refractivity contribution in [3.63, 3.8) is 0 Å². The Morgan fingerprint density at radius 2 is 2.38 bits per heavy atom. The van der Waals surface area contributed by atoms with E-state index >= 15 is 0 Å². The van der Waals surface area contributed by atoms with Gasteiger partial charge in [-0.2, -0.15) is 0 Å². The van der Waals surface area contributed by atoms with Gasteiger partial charge in [-0.25, -0.2) is 0 Å². The minimum atomic E-state index is -1.03. The maximum atomic E-state index is 11.4. The molecule has 2 rings (SSSR count). The minimum absolute atomic E-state index is 0.609. The number of aromatic nitrogens is 3. The molecule has 3 unspecified atom stereocenters. The third-order valence-corrected chi connectivity index (χ3v) is 4.17. The Kier molecular flexibility index (Phi) is 3.74. The summed E-state index contributed by atoms with van der Waals surface area (Å²) < 4.78 is 13.4. The molecule has 4 nitrogen and oxygen atoms in total. The molecule has 1 saturated carbocycles. The summed E-state index contributed by atoms with van der Waals surface area (Å²) in [5.74, 6) is 1.52. The van der Waals surface area contributed by atoms with Crippen LogP contribution in [0.15, 0.2) is 11.5 Å². The number of rotatable bonds is 3. The van der Waals surface area contributed by atoms with Crippen LogP contribution >= 0.6 is 0 Å². The summed E-state index contributed by atoms with van der Waals surface area (Å²) in [4.78, 5) is 0. The maximum absolute atomic E-state index is 11.4. The average Bonchev–Trinajstić information content (AvgIpc) is 2.66. The monoisotopic (exact) mass is 241 g/mol. The topological polar surface area (TPSA) is 47.8 Å². The van der Waals surface area contributed by atoms with E-state index in [1.807, 2.05) is 4.57 Å². The van der Waals surface area contributed by atoms with Crippen molar-refractivity contribution in [2.45, 2.75) is 44.3 Å². The van der Waals surface area contributed by atoms with Crippen LogP contribution in [0.2, 0.25) is 0 Å². The first-order chi connectivity index (χ1) is 7.66. The van der Waals surface area contributed by atoms with Crippen molar-refractivity contribution >= 4 is 10.8 Å². The van der Waals surface area contributed by atoms with Gasteiger partial charge in [0.15, 0.2) is 0 Å². The zero-order valence-corrected chi connectivity index (χ0v) is 10.7. The summed E-state index contributed by atoms with van der Waals surface area (Å²) in [5, 5.41) is 8.37. The molecule has 16 heavy (non-hydrogen) atoms. The van der Waals surface area contributed by atoms with Gasteiger partial charge in [0.05, 0.1) is 10.8 Å². The highest BCUT2D eigenvalue weighted by Crippen LogP contribution is 2.29. The molecule has 1 aliphatic rings. The van der Waals surface area contributed by atoms with Gasteiger partial charge in [0, 0.05) is 12.8 Å². The third kappa shape index (κ3) is 2.70. The van der Waals surface area contributed by atoms with E-state index in [-0.39, 0.29) is 0 Å². The summed E-state index contributed by atoms with van der Waals surface area (Å²) in [6.07, 6.45) is 8.58. The molecule has 5 heteroatoms. The molecule has 0 spiro atoms. The Morgan fingerprint density at radius 1 is 1.56 bits per heavy atom. The van der Waals surface area contributed by atoms with E-state index in [0.717, 1.165) is 12.5 Å². The first kappa shape index (κ1) is 11.8. The highest BCUT2D eigenvalue weighted by atomic mass is 32.2. The summed E-state index contributed by atoms with van der Waals surface area (Å²) in [6.45, 7) is 3.24. The lowest BCUT2D eigenvalue weighted by molar-refractivity contribution is 0.252. The lowest BCUT2D eigenvalue weighted by Gasteiger charge is -2.26.